The van der Waals surface area contributed by atoms with E-state index in [9.17, 15) is 9.18 Å². The first-order valence-electron chi connectivity index (χ1n) is 6.10. The van der Waals surface area contributed by atoms with E-state index in [0.29, 0.717) is 16.0 Å². The van der Waals surface area contributed by atoms with Gasteiger partial charge in [0.15, 0.2) is 0 Å². The smallest absolute Gasteiger partial charge is 0.328 e. The van der Waals surface area contributed by atoms with Gasteiger partial charge in [0.25, 0.3) is 0 Å². The molecule has 21 heavy (non-hydrogen) atoms. The molecule has 1 N–H and O–H groups in total. The zero-order chi connectivity index (χ0) is 15.4. The lowest BCUT2D eigenvalue weighted by atomic mass is 10.1. The lowest BCUT2D eigenvalue weighted by molar-refractivity contribution is -0.131. The Labute approximate surface area is 129 Å². The maximum Gasteiger partial charge on any atom is 0.328 e. The molecule has 108 valence electrons. The molecule has 0 spiro atoms. The number of carbonyl (C=O) groups is 1. The highest BCUT2D eigenvalue weighted by atomic mass is 79.9. The predicted octanol–water partition coefficient (Wildman–Crippen LogP) is 4.79. The monoisotopic (exact) mass is 350 g/mol. The summed E-state index contributed by atoms with van der Waals surface area (Å²) in [5, 5.41) is 8.62. The molecule has 0 aliphatic heterocycles. The van der Waals surface area contributed by atoms with Crippen molar-refractivity contribution < 1.29 is 19.0 Å². The van der Waals surface area contributed by atoms with E-state index in [2.05, 4.69) is 15.9 Å². The van der Waals surface area contributed by atoms with Crippen LogP contribution >= 0.6 is 15.9 Å². The number of hydrogen-bond donors (Lipinski definition) is 1. The summed E-state index contributed by atoms with van der Waals surface area (Å²) in [7, 11) is 0. The van der Waals surface area contributed by atoms with Crippen LogP contribution in [0.25, 0.3) is 6.08 Å². The number of benzene rings is 2. The second-order valence-electron chi connectivity index (χ2n) is 4.37. The molecule has 0 radical (unpaired) electrons. The summed E-state index contributed by atoms with van der Waals surface area (Å²) in [6.45, 7) is 1.86. The van der Waals surface area contributed by atoms with Gasteiger partial charge in [-0.05, 0) is 70.4 Å². The lowest BCUT2D eigenvalue weighted by Crippen LogP contribution is -1.90. The molecular weight excluding hydrogens is 339 g/mol. The molecule has 0 amide bonds. The molecule has 0 aliphatic carbocycles. The van der Waals surface area contributed by atoms with E-state index in [4.69, 9.17) is 9.84 Å². The number of hydrogen-bond acceptors (Lipinski definition) is 2. The molecule has 0 bridgehead atoms. The Balaban J connectivity index is 2.22. The Hall–Kier alpha value is -2.14. The van der Waals surface area contributed by atoms with Gasteiger partial charge in [0.1, 0.15) is 17.3 Å². The third-order valence-electron chi connectivity index (χ3n) is 2.77. The Bertz CT molecular complexity index is 711. The summed E-state index contributed by atoms with van der Waals surface area (Å²) >= 11 is 3.24. The molecule has 0 atom stereocenters. The maximum absolute atomic E-state index is 13.0. The van der Waals surface area contributed by atoms with Crippen LogP contribution < -0.4 is 4.74 Å². The summed E-state index contributed by atoms with van der Waals surface area (Å²) in [6.07, 6.45) is 2.61. The van der Waals surface area contributed by atoms with Crippen LogP contribution in [0, 0.1) is 12.7 Å². The standard InChI is InChI=1S/C16H12BrFO3/c1-10-8-13(5-2-11(10)3-7-16(19)20)21-15-6-4-12(18)9-14(15)17/h2-9H,1H3,(H,19,20). The largest absolute Gasteiger partial charge is 0.478 e. The van der Waals surface area contributed by atoms with Crippen LogP contribution in [0.15, 0.2) is 46.9 Å². The van der Waals surface area contributed by atoms with Crippen molar-refractivity contribution in [3.63, 3.8) is 0 Å². The van der Waals surface area contributed by atoms with Crippen molar-refractivity contribution in [3.8, 4) is 11.5 Å². The number of carboxylic acids is 1. The zero-order valence-electron chi connectivity index (χ0n) is 11.1. The Kier molecular flexibility index (Phi) is 4.75. The third kappa shape index (κ3) is 4.16. The van der Waals surface area contributed by atoms with Crippen LogP contribution in [0.3, 0.4) is 0 Å². The number of carboxylic acid groups (broad SMARTS) is 1. The van der Waals surface area contributed by atoms with Crippen LogP contribution in [0.1, 0.15) is 11.1 Å². The van der Waals surface area contributed by atoms with Gasteiger partial charge in [0, 0.05) is 6.08 Å². The van der Waals surface area contributed by atoms with Crippen LogP contribution in [-0.4, -0.2) is 11.1 Å². The van der Waals surface area contributed by atoms with Crippen LogP contribution in [-0.2, 0) is 4.79 Å². The molecule has 2 rings (SSSR count). The molecule has 0 fully saturated rings. The second-order valence-corrected chi connectivity index (χ2v) is 5.22. The van der Waals surface area contributed by atoms with Crippen LogP contribution in [0.2, 0.25) is 0 Å². The van der Waals surface area contributed by atoms with Gasteiger partial charge in [-0.2, -0.15) is 0 Å². The first-order chi connectivity index (χ1) is 9.95. The van der Waals surface area contributed by atoms with E-state index < -0.39 is 5.97 Å². The number of rotatable bonds is 4. The molecule has 0 aliphatic rings. The lowest BCUT2D eigenvalue weighted by Gasteiger charge is -2.09. The molecule has 0 heterocycles. The normalized spacial score (nSPS) is 10.8. The Morgan fingerprint density at radius 3 is 2.67 bits per heavy atom. The molecule has 5 heteroatoms. The SMILES string of the molecule is Cc1cc(Oc2ccc(F)cc2Br)ccc1C=CC(=O)O. The molecule has 0 saturated carbocycles. The van der Waals surface area contributed by atoms with Crippen molar-refractivity contribution in [3.05, 3.63) is 63.9 Å². The summed E-state index contributed by atoms with van der Waals surface area (Å²) < 4.78 is 19.2. The minimum absolute atomic E-state index is 0.348. The van der Waals surface area contributed by atoms with Gasteiger partial charge in [-0.1, -0.05) is 6.07 Å². The fourth-order valence-electron chi connectivity index (χ4n) is 1.74. The zero-order valence-corrected chi connectivity index (χ0v) is 12.7. The highest BCUT2D eigenvalue weighted by Gasteiger charge is 2.05. The number of ether oxygens (including phenoxy) is 1. The van der Waals surface area contributed by atoms with Crippen molar-refractivity contribution in [2.24, 2.45) is 0 Å². The quantitative estimate of drug-likeness (QED) is 0.806. The van der Waals surface area contributed by atoms with E-state index >= 15 is 0 Å². The first-order valence-corrected chi connectivity index (χ1v) is 6.89. The predicted molar refractivity (Wildman–Crippen MR) is 82.0 cm³/mol. The topological polar surface area (TPSA) is 46.5 Å². The Morgan fingerprint density at radius 1 is 1.29 bits per heavy atom. The van der Waals surface area contributed by atoms with Crippen molar-refractivity contribution >= 4 is 28.0 Å². The van der Waals surface area contributed by atoms with Crippen LogP contribution in [0.4, 0.5) is 4.39 Å². The fourth-order valence-corrected chi connectivity index (χ4v) is 2.18. The third-order valence-corrected chi connectivity index (χ3v) is 3.39. The van der Waals surface area contributed by atoms with Crippen LogP contribution in [0.5, 0.6) is 11.5 Å². The minimum atomic E-state index is -0.995. The molecule has 3 nitrogen and oxygen atoms in total. The fraction of sp³-hybridized carbons (Fsp3) is 0.0625. The van der Waals surface area contributed by atoms with E-state index in [1.54, 1.807) is 18.2 Å². The number of aryl methyl sites for hydroxylation is 1. The molecular formula is C16H12BrFO3. The van der Waals surface area contributed by atoms with Gasteiger partial charge < -0.3 is 9.84 Å². The molecule has 0 unspecified atom stereocenters. The maximum atomic E-state index is 13.0. The highest BCUT2D eigenvalue weighted by Crippen LogP contribution is 2.31. The van der Waals surface area contributed by atoms with Crippen molar-refractivity contribution in [2.75, 3.05) is 0 Å². The number of aliphatic carboxylic acids is 1. The van der Waals surface area contributed by atoms with Gasteiger partial charge >= 0.3 is 5.97 Å². The molecule has 2 aromatic rings. The van der Waals surface area contributed by atoms with Crippen molar-refractivity contribution in [2.45, 2.75) is 6.92 Å². The van der Waals surface area contributed by atoms with E-state index in [-0.39, 0.29) is 5.82 Å². The van der Waals surface area contributed by atoms with Gasteiger partial charge in [-0.25, -0.2) is 9.18 Å². The summed E-state index contributed by atoms with van der Waals surface area (Å²) in [6, 6.07) is 9.46. The van der Waals surface area contributed by atoms with E-state index in [0.717, 1.165) is 17.2 Å². The Morgan fingerprint density at radius 2 is 2.05 bits per heavy atom. The van der Waals surface area contributed by atoms with Gasteiger partial charge in [-0.15, -0.1) is 0 Å². The van der Waals surface area contributed by atoms with E-state index in [1.807, 2.05) is 6.92 Å². The second kappa shape index (κ2) is 6.54. The van der Waals surface area contributed by atoms with Crippen molar-refractivity contribution in [1.82, 2.24) is 0 Å². The van der Waals surface area contributed by atoms with E-state index in [1.165, 1.54) is 24.3 Å². The molecule has 0 aromatic heterocycles. The van der Waals surface area contributed by atoms with Gasteiger partial charge in [-0.3, -0.25) is 0 Å². The molecule has 0 saturated heterocycles. The van der Waals surface area contributed by atoms with Crippen molar-refractivity contribution in [1.29, 1.82) is 0 Å². The van der Waals surface area contributed by atoms with Gasteiger partial charge in [0.2, 0.25) is 0 Å². The summed E-state index contributed by atoms with van der Waals surface area (Å²) in [4.78, 5) is 10.5. The average Bonchev–Trinajstić information content (AvgIpc) is 2.41. The summed E-state index contributed by atoms with van der Waals surface area (Å²) in [5.74, 6) is -0.249. The average molecular weight is 351 g/mol. The summed E-state index contributed by atoms with van der Waals surface area (Å²) in [5.41, 5.74) is 1.67. The first kappa shape index (κ1) is 15.3. The number of halogens is 2. The minimum Gasteiger partial charge on any atom is -0.478 e. The molecule has 2 aromatic carbocycles. The highest BCUT2D eigenvalue weighted by molar-refractivity contribution is 9.10. The van der Waals surface area contributed by atoms with Gasteiger partial charge in [0.05, 0.1) is 4.47 Å².